The second kappa shape index (κ2) is 20.2. The average molecular weight is 985 g/mol. The van der Waals surface area contributed by atoms with Crippen molar-refractivity contribution >= 4 is 34.1 Å². The standard InChI is InChI=1S/C75H56N2/c1-75(2)73-51-67(76(65-37-33-59(34-38-65)53-21-9-3-10-22-53)69-47-61(55-25-13-5-14-26-55)45-62(48-69)56-27-15-6-16-28-56)41-43-71(73)72-44-42-68(52-74(72)75)77(66-39-35-60(36-40-66)54-23-11-4-12-24-54)70-49-63(57-29-17-7-18-30-57)46-64(50-70)58-31-19-8-20-32-58/h3-52H,1-2H3. The highest BCUT2D eigenvalue weighted by atomic mass is 15.1. The van der Waals surface area contributed by atoms with Gasteiger partial charge in [0.15, 0.2) is 0 Å². The predicted molar refractivity (Wildman–Crippen MR) is 326 cm³/mol. The molecule has 1 aliphatic rings. The molecule has 0 amide bonds. The van der Waals surface area contributed by atoms with Crippen molar-refractivity contribution in [3.63, 3.8) is 0 Å². The van der Waals surface area contributed by atoms with E-state index in [1.807, 2.05) is 0 Å². The van der Waals surface area contributed by atoms with Gasteiger partial charge in [0.05, 0.1) is 0 Å². The molecule has 0 N–H and O–H groups in total. The fraction of sp³-hybridized carbons (Fsp3) is 0.0400. The molecular weight excluding hydrogens is 929 g/mol. The van der Waals surface area contributed by atoms with Gasteiger partial charge in [0, 0.05) is 39.5 Å². The Morgan fingerprint density at radius 3 is 0.701 bits per heavy atom. The monoisotopic (exact) mass is 984 g/mol. The Morgan fingerprint density at radius 2 is 0.429 bits per heavy atom. The smallest absolute Gasteiger partial charge is 0.0473 e. The molecule has 0 unspecified atom stereocenters. The number of anilines is 6. The summed E-state index contributed by atoms with van der Waals surface area (Å²) in [6.07, 6.45) is 0. The van der Waals surface area contributed by atoms with Crippen LogP contribution in [-0.4, -0.2) is 0 Å². The molecule has 366 valence electrons. The van der Waals surface area contributed by atoms with E-state index in [4.69, 9.17) is 0 Å². The van der Waals surface area contributed by atoms with Gasteiger partial charge in [0.1, 0.15) is 0 Å². The molecule has 2 heteroatoms. The van der Waals surface area contributed by atoms with Crippen LogP contribution in [0.1, 0.15) is 25.0 Å². The van der Waals surface area contributed by atoms with E-state index in [0.29, 0.717) is 0 Å². The minimum absolute atomic E-state index is 0.343. The lowest BCUT2D eigenvalue weighted by atomic mass is 9.82. The molecule has 0 saturated heterocycles. The van der Waals surface area contributed by atoms with E-state index >= 15 is 0 Å². The summed E-state index contributed by atoms with van der Waals surface area (Å²) in [5, 5.41) is 0. The van der Waals surface area contributed by atoms with Crippen molar-refractivity contribution < 1.29 is 0 Å². The lowest BCUT2D eigenvalue weighted by Crippen LogP contribution is -2.18. The van der Waals surface area contributed by atoms with Crippen LogP contribution in [0.4, 0.5) is 34.1 Å². The molecule has 0 aromatic heterocycles. The highest BCUT2D eigenvalue weighted by Gasteiger charge is 2.37. The summed E-state index contributed by atoms with van der Waals surface area (Å²) in [7, 11) is 0. The van der Waals surface area contributed by atoms with Crippen LogP contribution in [0.3, 0.4) is 0 Å². The Balaban J connectivity index is 0.953. The maximum atomic E-state index is 2.45. The number of benzene rings is 12. The second-order valence-corrected chi connectivity index (χ2v) is 20.6. The molecule has 0 atom stereocenters. The maximum Gasteiger partial charge on any atom is 0.0473 e. The second-order valence-electron chi connectivity index (χ2n) is 20.6. The van der Waals surface area contributed by atoms with E-state index in [-0.39, 0.29) is 5.41 Å². The van der Waals surface area contributed by atoms with Gasteiger partial charge in [0.25, 0.3) is 0 Å². The quantitative estimate of drug-likeness (QED) is 0.120. The summed E-state index contributed by atoms with van der Waals surface area (Å²) in [5.74, 6) is 0. The van der Waals surface area contributed by atoms with E-state index < -0.39 is 0 Å². The third kappa shape index (κ3) is 9.21. The van der Waals surface area contributed by atoms with Crippen molar-refractivity contribution in [3.8, 4) is 77.9 Å². The first kappa shape index (κ1) is 47.0. The molecule has 2 nitrogen and oxygen atoms in total. The van der Waals surface area contributed by atoms with Gasteiger partial charge in [-0.05, 0) is 174 Å². The summed E-state index contributed by atoms with van der Waals surface area (Å²) in [4.78, 5) is 4.90. The average Bonchev–Trinajstić information content (AvgIpc) is 3.93. The van der Waals surface area contributed by atoms with Gasteiger partial charge >= 0.3 is 0 Å². The minimum atomic E-state index is -0.343. The predicted octanol–water partition coefficient (Wildman–Crippen LogP) is 20.9. The molecule has 0 bridgehead atoms. The van der Waals surface area contributed by atoms with E-state index in [1.165, 1.54) is 89.0 Å². The van der Waals surface area contributed by atoms with Gasteiger partial charge in [-0.3, -0.25) is 0 Å². The number of rotatable bonds is 12. The van der Waals surface area contributed by atoms with Gasteiger partial charge in [-0.1, -0.05) is 232 Å². The zero-order chi connectivity index (χ0) is 51.7. The molecule has 12 aromatic carbocycles. The Labute approximate surface area is 453 Å². The Morgan fingerprint density at radius 1 is 0.195 bits per heavy atom. The molecule has 77 heavy (non-hydrogen) atoms. The van der Waals surface area contributed by atoms with Gasteiger partial charge in [-0.2, -0.15) is 0 Å². The summed E-state index contributed by atoms with van der Waals surface area (Å²) in [6.45, 7) is 4.80. The normalized spacial score (nSPS) is 12.1. The highest BCUT2D eigenvalue weighted by Crippen LogP contribution is 2.53. The molecular formula is C75H56N2. The van der Waals surface area contributed by atoms with E-state index in [9.17, 15) is 0 Å². The van der Waals surface area contributed by atoms with Crippen LogP contribution in [0, 0.1) is 0 Å². The van der Waals surface area contributed by atoms with Crippen LogP contribution in [0.15, 0.2) is 303 Å². The first-order valence-corrected chi connectivity index (χ1v) is 26.6. The van der Waals surface area contributed by atoms with Crippen LogP contribution < -0.4 is 9.80 Å². The lowest BCUT2D eigenvalue weighted by Gasteiger charge is -2.30. The maximum absolute atomic E-state index is 2.45. The van der Waals surface area contributed by atoms with Gasteiger partial charge in [0.2, 0.25) is 0 Å². The molecule has 13 rings (SSSR count). The molecule has 0 radical (unpaired) electrons. The lowest BCUT2D eigenvalue weighted by molar-refractivity contribution is 0.660. The first-order chi connectivity index (χ1) is 37.9. The largest absolute Gasteiger partial charge is 0.310 e. The van der Waals surface area contributed by atoms with Crippen molar-refractivity contribution in [1.82, 2.24) is 0 Å². The third-order valence-corrected chi connectivity index (χ3v) is 15.4. The zero-order valence-electron chi connectivity index (χ0n) is 43.3. The Kier molecular flexibility index (Phi) is 12.3. The van der Waals surface area contributed by atoms with E-state index in [2.05, 4.69) is 327 Å². The van der Waals surface area contributed by atoms with Crippen molar-refractivity contribution in [2.45, 2.75) is 19.3 Å². The number of hydrogen-bond acceptors (Lipinski definition) is 2. The van der Waals surface area contributed by atoms with Crippen molar-refractivity contribution in [2.24, 2.45) is 0 Å². The first-order valence-electron chi connectivity index (χ1n) is 26.6. The summed E-state index contributed by atoms with van der Waals surface area (Å²) >= 11 is 0. The van der Waals surface area contributed by atoms with Crippen molar-refractivity contribution in [2.75, 3.05) is 9.80 Å². The molecule has 0 spiro atoms. The zero-order valence-corrected chi connectivity index (χ0v) is 43.3. The van der Waals surface area contributed by atoms with Crippen LogP contribution >= 0.6 is 0 Å². The van der Waals surface area contributed by atoms with Crippen molar-refractivity contribution in [3.05, 3.63) is 314 Å². The Hall–Kier alpha value is -9.76. The van der Waals surface area contributed by atoms with Crippen molar-refractivity contribution in [1.29, 1.82) is 0 Å². The fourth-order valence-corrected chi connectivity index (χ4v) is 11.4. The SMILES string of the molecule is CC1(C)c2cc(N(c3ccc(-c4ccccc4)cc3)c3cc(-c4ccccc4)cc(-c4ccccc4)c3)ccc2-c2ccc(N(c3ccc(-c4ccccc4)cc3)c3cc(-c4ccccc4)cc(-c4ccccc4)c3)cc21. The van der Waals surface area contributed by atoms with Crippen LogP contribution in [0.5, 0.6) is 0 Å². The number of nitrogens with zero attached hydrogens (tertiary/aromatic N) is 2. The van der Waals surface area contributed by atoms with Gasteiger partial charge in [-0.25, -0.2) is 0 Å². The van der Waals surface area contributed by atoms with E-state index in [0.717, 1.165) is 34.1 Å². The van der Waals surface area contributed by atoms with Crippen LogP contribution in [0.25, 0.3) is 77.9 Å². The third-order valence-electron chi connectivity index (χ3n) is 15.4. The van der Waals surface area contributed by atoms with Gasteiger partial charge < -0.3 is 9.80 Å². The highest BCUT2D eigenvalue weighted by molar-refractivity contribution is 5.92. The van der Waals surface area contributed by atoms with Crippen LogP contribution in [0.2, 0.25) is 0 Å². The number of hydrogen-bond donors (Lipinski definition) is 0. The topological polar surface area (TPSA) is 6.48 Å². The van der Waals surface area contributed by atoms with E-state index in [1.54, 1.807) is 0 Å². The van der Waals surface area contributed by atoms with Crippen LogP contribution in [-0.2, 0) is 5.41 Å². The van der Waals surface area contributed by atoms with Gasteiger partial charge in [-0.15, -0.1) is 0 Å². The summed E-state index contributed by atoms with van der Waals surface area (Å²) in [6, 6.07) is 111. The molecule has 0 heterocycles. The molecule has 0 aliphatic heterocycles. The Bertz CT molecular complexity index is 3620. The molecule has 0 fully saturated rings. The summed E-state index contributed by atoms with van der Waals surface area (Å²) < 4.78 is 0. The fourth-order valence-electron chi connectivity index (χ4n) is 11.4. The molecule has 0 saturated carbocycles. The minimum Gasteiger partial charge on any atom is -0.310 e. The number of fused-ring (bicyclic) bond motifs is 3. The molecule has 1 aliphatic carbocycles. The molecule has 12 aromatic rings. The summed E-state index contributed by atoms with van der Waals surface area (Å²) in [5.41, 5.74) is 25.5.